The first-order valence-corrected chi connectivity index (χ1v) is 17.5. The fourth-order valence-electron chi connectivity index (χ4n) is 4.70. The average molecular weight is 719 g/mol. The lowest BCUT2D eigenvalue weighted by atomic mass is 10.1. The van der Waals surface area contributed by atoms with E-state index in [0.29, 0.717) is 57.2 Å². The van der Waals surface area contributed by atoms with Crippen LogP contribution in [0.25, 0.3) is 0 Å². The van der Waals surface area contributed by atoms with Gasteiger partial charge in [0.1, 0.15) is 30.3 Å². The van der Waals surface area contributed by atoms with Gasteiger partial charge in [0.2, 0.25) is 23.7 Å². The van der Waals surface area contributed by atoms with Crippen LogP contribution in [0.4, 0.5) is 11.9 Å². The van der Waals surface area contributed by atoms with Crippen LogP contribution in [0.15, 0.2) is 73.6 Å². The quantitative estimate of drug-likeness (QED) is 0.0805. The number of amides is 2. The minimum atomic E-state index is -0.278. The third kappa shape index (κ3) is 15.3. The van der Waals surface area contributed by atoms with Crippen molar-refractivity contribution in [3.05, 3.63) is 95.9 Å². The summed E-state index contributed by atoms with van der Waals surface area (Å²) >= 11 is 0. The lowest BCUT2D eigenvalue weighted by Crippen LogP contribution is -2.27. The molecule has 5 N–H and O–H groups in total. The van der Waals surface area contributed by atoms with Crippen molar-refractivity contribution in [1.29, 1.82) is 0 Å². The molecule has 2 aromatic heterocycles. The van der Waals surface area contributed by atoms with E-state index in [-0.39, 0.29) is 17.4 Å². The molecule has 0 spiro atoms. The van der Waals surface area contributed by atoms with Crippen molar-refractivity contribution in [2.75, 3.05) is 36.9 Å². The van der Waals surface area contributed by atoms with E-state index in [2.05, 4.69) is 46.3 Å². The normalized spacial score (nSPS) is 10.5. The van der Waals surface area contributed by atoms with E-state index in [4.69, 9.17) is 19.9 Å². The molecule has 0 unspecified atom stereocenters. The van der Waals surface area contributed by atoms with E-state index < -0.39 is 0 Å². The predicted molar refractivity (Wildman–Crippen MR) is 208 cm³/mol. The summed E-state index contributed by atoms with van der Waals surface area (Å²) in [4.78, 5) is 30.8. The zero-order valence-electron chi connectivity index (χ0n) is 32.3. The lowest BCUT2D eigenvalue weighted by Gasteiger charge is -2.23. The van der Waals surface area contributed by atoms with Gasteiger partial charge in [-0.05, 0) is 75.6 Å². The summed E-state index contributed by atoms with van der Waals surface area (Å²) in [7, 11) is 0. The number of carbonyl (C=O) groups is 2. The molecule has 0 bridgehead atoms. The molecular weight excluding hydrogens is 660 g/mol. The van der Waals surface area contributed by atoms with Crippen molar-refractivity contribution in [2.45, 2.75) is 87.4 Å². The fourth-order valence-corrected chi connectivity index (χ4v) is 4.70. The molecule has 4 rings (SSSR count). The number of nitrogens with two attached hydrogens (primary N) is 1. The van der Waals surface area contributed by atoms with Crippen LogP contribution in [-0.2, 0) is 27.4 Å². The van der Waals surface area contributed by atoms with Gasteiger partial charge in [0.25, 0.3) is 0 Å². The molecule has 0 radical (unpaired) electrons. The number of nitrogens with zero attached hydrogens (tertiary/aromatic N) is 4. The number of ether oxygens (including phenoxy) is 3. The van der Waals surface area contributed by atoms with Gasteiger partial charge >= 0.3 is 0 Å². The Labute approximate surface area is 309 Å². The molecule has 2 amide bonds. The van der Waals surface area contributed by atoms with Gasteiger partial charge in [-0.1, -0.05) is 44.5 Å². The number of hydrogen-bond acceptors (Lipinski definition) is 9. The molecule has 0 saturated heterocycles. The highest BCUT2D eigenvalue weighted by molar-refractivity contribution is 5.87. The van der Waals surface area contributed by atoms with Crippen LogP contribution < -0.4 is 31.2 Å². The number of imidazole rings is 2. The average Bonchev–Trinajstić information content (AvgIpc) is 3.69. The Balaban J connectivity index is 0.000000346. The zero-order chi connectivity index (χ0) is 38.7. The van der Waals surface area contributed by atoms with E-state index in [1.54, 1.807) is 12.4 Å². The molecule has 2 aromatic carbocycles. The minimum absolute atomic E-state index is 0.140. The van der Waals surface area contributed by atoms with Crippen molar-refractivity contribution in [3.8, 4) is 11.5 Å². The van der Waals surface area contributed by atoms with Crippen LogP contribution >= 0.6 is 0 Å². The number of nitrogens with one attached hydrogen (secondary N) is 3. The van der Waals surface area contributed by atoms with Gasteiger partial charge in [0.15, 0.2) is 5.88 Å². The molecule has 2 heterocycles. The number of anilines is 2. The Morgan fingerprint density at radius 1 is 0.808 bits per heavy atom. The van der Waals surface area contributed by atoms with Crippen LogP contribution in [0.5, 0.6) is 11.5 Å². The van der Waals surface area contributed by atoms with Crippen molar-refractivity contribution in [3.63, 3.8) is 0 Å². The molecule has 4 aromatic rings. The number of hydrogen-bond donors (Lipinski definition) is 4. The van der Waals surface area contributed by atoms with E-state index in [1.165, 1.54) is 20.3 Å². The first kappa shape index (κ1) is 42.9. The molecule has 284 valence electrons. The smallest absolute Gasteiger partial charge is 0.223 e. The monoisotopic (exact) mass is 718 g/mol. The molecule has 0 saturated carbocycles. The first-order valence-electron chi connectivity index (χ1n) is 17.5. The number of rotatable bonds is 15. The van der Waals surface area contributed by atoms with Crippen molar-refractivity contribution >= 4 is 23.7 Å². The SMILES string of the molecule is C=C(NCCOc1cccc(Cn2ccnc2NC(C)=O)c1C)OC(C)(C)C.CC(=O)Nc1nccn1Cc1cccc(OCCN)c1C.CCC. The van der Waals surface area contributed by atoms with Gasteiger partial charge in [-0.15, -0.1) is 0 Å². The second kappa shape index (κ2) is 21.8. The standard InChI is InChI=1S/C21H30N4O3.C15H20N4O2.C3H8/c1-15-18(14-25-12-10-23-20(25)24-16(2)26)8-7-9-19(15)27-13-11-22-17(3)28-21(4,5)6;1-11-13(4-3-5-14(11)21-9-6-16)10-19-8-7-17-15(19)18-12(2)20;1-3-2/h7-10,12,22H,3,11,13-14H2,1-2,4-6H3,(H,23,24,26);3-5,7-8H,6,9-10,16H2,1-2H3,(H,17,18,20);3H2,1-2H3. The fraction of sp³-hybridized carbons (Fsp3) is 0.436. The summed E-state index contributed by atoms with van der Waals surface area (Å²) in [5, 5.41) is 8.55. The highest BCUT2D eigenvalue weighted by Crippen LogP contribution is 2.24. The summed E-state index contributed by atoms with van der Waals surface area (Å²) < 4.78 is 20.9. The third-order valence-corrected chi connectivity index (χ3v) is 6.97. The van der Waals surface area contributed by atoms with Crippen LogP contribution in [0, 0.1) is 13.8 Å². The molecule has 0 aliphatic carbocycles. The van der Waals surface area contributed by atoms with Gasteiger partial charge in [-0.2, -0.15) is 0 Å². The molecule has 0 atom stereocenters. The largest absolute Gasteiger partial charge is 0.492 e. The van der Waals surface area contributed by atoms with Crippen molar-refractivity contribution in [2.24, 2.45) is 5.73 Å². The summed E-state index contributed by atoms with van der Waals surface area (Å²) in [6.07, 6.45) is 8.25. The van der Waals surface area contributed by atoms with Gasteiger partial charge in [-0.25, -0.2) is 9.97 Å². The maximum Gasteiger partial charge on any atom is 0.223 e. The molecule has 13 nitrogen and oxygen atoms in total. The number of carbonyl (C=O) groups excluding carboxylic acids is 2. The summed E-state index contributed by atoms with van der Waals surface area (Å²) in [6.45, 7) is 24.3. The Kier molecular flexibility index (Phi) is 18.0. The second-order valence-electron chi connectivity index (χ2n) is 13.0. The van der Waals surface area contributed by atoms with Crippen LogP contribution in [0.2, 0.25) is 0 Å². The zero-order valence-corrected chi connectivity index (χ0v) is 32.3. The van der Waals surface area contributed by atoms with E-state index >= 15 is 0 Å². The summed E-state index contributed by atoms with van der Waals surface area (Å²) in [5.41, 5.74) is 9.50. The van der Waals surface area contributed by atoms with Gasteiger partial charge in [0.05, 0.1) is 19.6 Å². The van der Waals surface area contributed by atoms with E-state index in [9.17, 15) is 9.59 Å². The van der Waals surface area contributed by atoms with Gasteiger partial charge < -0.3 is 34.4 Å². The Bertz CT molecular complexity index is 1710. The number of benzene rings is 2. The summed E-state index contributed by atoms with van der Waals surface area (Å²) in [5.74, 6) is 2.97. The molecule has 0 fully saturated rings. The topological polar surface area (TPSA) is 160 Å². The number of aromatic nitrogens is 4. The Morgan fingerprint density at radius 2 is 1.25 bits per heavy atom. The molecular formula is C39H58N8O5. The third-order valence-electron chi connectivity index (χ3n) is 6.97. The Morgan fingerprint density at radius 3 is 1.65 bits per heavy atom. The van der Waals surface area contributed by atoms with Gasteiger partial charge in [0, 0.05) is 45.2 Å². The molecule has 0 aliphatic heterocycles. The molecule has 52 heavy (non-hydrogen) atoms. The van der Waals surface area contributed by atoms with Crippen LogP contribution in [0.1, 0.15) is 77.1 Å². The summed E-state index contributed by atoms with van der Waals surface area (Å²) in [6, 6.07) is 11.9. The lowest BCUT2D eigenvalue weighted by molar-refractivity contribution is -0.115. The van der Waals surface area contributed by atoms with Gasteiger partial charge in [-0.3, -0.25) is 20.2 Å². The maximum atomic E-state index is 11.3. The Hall–Kier alpha value is -5.30. The predicted octanol–water partition coefficient (Wildman–Crippen LogP) is 6.40. The minimum Gasteiger partial charge on any atom is -0.492 e. The maximum absolute atomic E-state index is 11.3. The molecule has 13 heteroatoms. The van der Waals surface area contributed by atoms with Crippen LogP contribution in [0.3, 0.4) is 0 Å². The highest BCUT2D eigenvalue weighted by Gasteiger charge is 2.13. The second-order valence-corrected chi connectivity index (χ2v) is 13.0. The molecule has 0 aliphatic rings. The van der Waals surface area contributed by atoms with E-state index in [0.717, 1.165) is 33.8 Å². The van der Waals surface area contributed by atoms with Crippen molar-refractivity contribution in [1.82, 2.24) is 24.4 Å². The van der Waals surface area contributed by atoms with E-state index in [1.807, 2.05) is 92.5 Å². The van der Waals surface area contributed by atoms with Crippen molar-refractivity contribution < 1.29 is 23.8 Å². The highest BCUT2D eigenvalue weighted by atomic mass is 16.5. The van der Waals surface area contributed by atoms with Crippen LogP contribution in [-0.4, -0.2) is 62.8 Å². The first-order chi connectivity index (χ1) is 24.7.